The predicted octanol–water partition coefficient (Wildman–Crippen LogP) is 2.00. The van der Waals surface area contributed by atoms with Gasteiger partial charge in [-0.25, -0.2) is 4.98 Å². The highest BCUT2D eigenvalue weighted by Gasteiger charge is 2.29. The van der Waals surface area contributed by atoms with Gasteiger partial charge in [0.2, 0.25) is 5.91 Å². The quantitative estimate of drug-likeness (QED) is 0.866. The van der Waals surface area contributed by atoms with Crippen LogP contribution in [0, 0.1) is 12.8 Å². The fourth-order valence-electron chi connectivity index (χ4n) is 3.66. The molecule has 8 heteroatoms. The first kappa shape index (κ1) is 18.6. The van der Waals surface area contributed by atoms with Crippen molar-refractivity contribution in [2.24, 2.45) is 5.92 Å². The molecule has 4 heterocycles. The van der Waals surface area contributed by atoms with Crippen molar-refractivity contribution in [2.45, 2.75) is 19.8 Å². The molecule has 0 spiro atoms. The molecule has 0 aliphatic carbocycles. The molecule has 2 fully saturated rings. The Kier molecular flexibility index (Phi) is 5.66. The maximum Gasteiger partial charge on any atom is 0.225 e. The lowest BCUT2D eigenvalue weighted by Crippen LogP contribution is -2.51. The summed E-state index contributed by atoms with van der Waals surface area (Å²) in [4.78, 5) is 21.2. The fourth-order valence-corrected chi connectivity index (χ4v) is 3.66. The normalized spacial score (nSPS) is 18.2. The third kappa shape index (κ3) is 4.39. The molecule has 2 aliphatic heterocycles. The number of rotatable bonds is 4. The number of pyridine rings is 1. The zero-order valence-corrected chi connectivity index (χ0v) is 16.2. The van der Waals surface area contributed by atoms with Crippen LogP contribution in [0.3, 0.4) is 0 Å². The van der Waals surface area contributed by atoms with E-state index in [9.17, 15) is 4.79 Å². The third-order valence-corrected chi connectivity index (χ3v) is 5.28. The predicted molar refractivity (Wildman–Crippen MR) is 107 cm³/mol. The molecular weight excluding hydrogens is 356 g/mol. The molecule has 2 aromatic rings. The number of nitrogens with one attached hydrogen (secondary N) is 1. The van der Waals surface area contributed by atoms with Gasteiger partial charge in [-0.15, -0.1) is 10.2 Å². The Morgan fingerprint density at radius 1 is 1.04 bits per heavy atom. The van der Waals surface area contributed by atoms with Crippen molar-refractivity contribution in [3.63, 3.8) is 0 Å². The Hall–Kier alpha value is -2.74. The Morgan fingerprint density at radius 2 is 1.82 bits per heavy atom. The molecule has 1 amide bonds. The molecule has 0 bridgehead atoms. The molecule has 4 rings (SSSR count). The van der Waals surface area contributed by atoms with Crippen LogP contribution in [-0.4, -0.2) is 65.4 Å². The minimum atomic E-state index is 0.126. The molecule has 0 radical (unpaired) electrons. The van der Waals surface area contributed by atoms with Crippen molar-refractivity contribution < 1.29 is 9.53 Å². The number of aromatic nitrogens is 3. The van der Waals surface area contributed by atoms with Crippen LogP contribution >= 0.6 is 0 Å². The van der Waals surface area contributed by atoms with Crippen LogP contribution in [-0.2, 0) is 9.53 Å². The average Bonchev–Trinajstić information content (AvgIpc) is 2.75. The number of carbonyl (C=O) groups excluding carboxylic acids is 1. The highest BCUT2D eigenvalue weighted by atomic mass is 16.5. The fraction of sp³-hybridized carbons (Fsp3) is 0.500. The Bertz CT molecular complexity index is 799. The molecule has 0 atom stereocenters. The minimum absolute atomic E-state index is 0.126. The van der Waals surface area contributed by atoms with E-state index in [1.54, 1.807) is 0 Å². The summed E-state index contributed by atoms with van der Waals surface area (Å²) in [6.45, 7) is 6.35. The maximum atomic E-state index is 12.6. The van der Waals surface area contributed by atoms with E-state index in [4.69, 9.17) is 4.74 Å². The van der Waals surface area contributed by atoms with Crippen molar-refractivity contribution >= 4 is 23.4 Å². The van der Waals surface area contributed by atoms with Gasteiger partial charge >= 0.3 is 0 Å². The van der Waals surface area contributed by atoms with Gasteiger partial charge in [0.15, 0.2) is 11.6 Å². The van der Waals surface area contributed by atoms with E-state index >= 15 is 0 Å². The molecule has 8 nitrogen and oxygen atoms in total. The van der Waals surface area contributed by atoms with Crippen LogP contribution < -0.4 is 10.2 Å². The second-order valence-corrected chi connectivity index (χ2v) is 7.26. The van der Waals surface area contributed by atoms with E-state index in [1.807, 2.05) is 42.2 Å². The number of amides is 1. The van der Waals surface area contributed by atoms with Gasteiger partial charge in [-0.05, 0) is 44.0 Å². The van der Waals surface area contributed by atoms with Crippen LogP contribution in [0.15, 0.2) is 30.3 Å². The summed E-state index contributed by atoms with van der Waals surface area (Å²) in [5.41, 5.74) is 0.947. The summed E-state index contributed by atoms with van der Waals surface area (Å²) < 4.78 is 5.36. The van der Waals surface area contributed by atoms with Gasteiger partial charge < -0.3 is 19.9 Å². The van der Waals surface area contributed by atoms with Crippen molar-refractivity contribution in [3.8, 4) is 0 Å². The van der Waals surface area contributed by atoms with Crippen LogP contribution in [0.1, 0.15) is 18.5 Å². The number of nitrogens with zero attached hydrogens (tertiary/aromatic N) is 5. The molecular formula is C20H26N6O2. The first-order chi connectivity index (χ1) is 13.7. The van der Waals surface area contributed by atoms with E-state index in [0.29, 0.717) is 19.0 Å². The average molecular weight is 382 g/mol. The maximum absolute atomic E-state index is 12.6. The SMILES string of the molecule is Cc1cccc(Nc2ccc(N3CCN(C(=O)C4CCOCC4)CC3)nn2)n1. The topological polar surface area (TPSA) is 83.5 Å². The lowest BCUT2D eigenvalue weighted by molar-refractivity contribution is -0.138. The van der Waals surface area contributed by atoms with Gasteiger partial charge in [-0.1, -0.05) is 6.07 Å². The number of piperazine rings is 1. The number of aryl methyl sites for hydroxylation is 1. The summed E-state index contributed by atoms with van der Waals surface area (Å²) in [7, 11) is 0. The molecule has 0 aromatic carbocycles. The molecule has 0 unspecified atom stereocenters. The van der Waals surface area contributed by atoms with Gasteiger partial charge in [0.25, 0.3) is 0 Å². The lowest BCUT2D eigenvalue weighted by Gasteiger charge is -2.37. The Balaban J connectivity index is 1.31. The second kappa shape index (κ2) is 8.52. The number of ether oxygens (including phenoxy) is 1. The van der Waals surface area contributed by atoms with E-state index in [2.05, 4.69) is 25.4 Å². The highest BCUT2D eigenvalue weighted by Crippen LogP contribution is 2.21. The first-order valence-corrected chi connectivity index (χ1v) is 9.85. The molecule has 2 saturated heterocycles. The number of hydrogen-bond donors (Lipinski definition) is 1. The van der Waals surface area contributed by atoms with Gasteiger partial charge in [0.05, 0.1) is 0 Å². The molecule has 2 aliphatic rings. The summed E-state index contributed by atoms with van der Waals surface area (Å²) in [6, 6.07) is 9.67. The zero-order valence-electron chi connectivity index (χ0n) is 16.2. The highest BCUT2D eigenvalue weighted by molar-refractivity contribution is 5.79. The summed E-state index contributed by atoms with van der Waals surface area (Å²) in [5, 5.41) is 11.8. The van der Waals surface area contributed by atoms with Crippen LogP contribution in [0.4, 0.5) is 17.5 Å². The summed E-state index contributed by atoms with van der Waals surface area (Å²) >= 11 is 0. The Labute approximate surface area is 164 Å². The van der Waals surface area contributed by atoms with Crippen molar-refractivity contribution in [1.82, 2.24) is 20.1 Å². The largest absolute Gasteiger partial charge is 0.381 e. The van der Waals surface area contributed by atoms with Crippen LogP contribution in [0.2, 0.25) is 0 Å². The number of hydrogen-bond acceptors (Lipinski definition) is 7. The van der Waals surface area contributed by atoms with Crippen LogP contribution in [0.5, 0.6) is 0 Å². The monoisotopic (exact) mass is 382 g/mol. The van der Waals surface area contributed by atoms with E-state index in [0.717, 1.165) is 56.4 Å². The molecule has 1 N–H and O–H groups in total. The number of anilines is 3. The van der Waals surface area contributed by atoms with Gasteiger partial charge in [0, 0.05) is 51.0 Å². The molecule has 148 valence electrons. The first-order valence-electron chi connectivity index (χ1n) is 9.85. The van der Waals surface area contributed by atoms with Gasteiger partial charge in [0.1, 0.15) is 5.82 Å². The molecule has 2 aromatic heterocycles. The summed E-state index contributed by atoms with van der Waals surface area (Å²) in [6.07, 6.45) is 1.68. The van der Waals surface area contributed by atoms with Crippen molar-refractivity contribution in [3.05, 3.63) is 36.0 Å². The second-order valence-electron chi connectivity index (χ2n) is 7.26. The van der Waals surface area contributed by atoms with E-state index in [1.165, 1.54) is 0 Å². The smallest absolute Gasteiger partial charge is 0.225 e. The van der Waals surface area contributed by atoms with Gasteiger partial charge in [-0.2, -0.15) is 0 Å². The Morgan fingerprint density at radius 3 is 2.50 bits per heavy atom. The lowest BCUT2D eigenvalue weighted by atomic mass is 9.98. The van der Waals surface area contributed by atoms with Crippen molar-refractivity contribution in [2.75, 3.05) is 49.6 Å². The molecule has 0 saturated carbocycles. The van der Waals surface area contributed by atoms with E-state index in [-0.39, 0.29) is 11.8 Å². The molecule has 28 heavy (non-hydrogen) atoms. The third-order valence-electron chi connectivity index (χ3n) is 5.28. The standard InChI is InChI=1S/C20H26N6O2/c1-15-3-2-4-17(21-15)22-18-5-6-19(24-23-18)25-9-11-26(12-10-25)20(27)16-7-13-28-14-8-16/h2-6,16H,7-14H2,1H3,(H,21,22,23). The van der Waals surface area contributed by atoms with Gasteiger partial charge in [-0.3, -0.25) is 4.79 Å². The summed E-state index contributed by atoms with van der Waals surface area (Å²) in [5.74, 6) is 2.65. The van der Waals surface area contributed by atoms with Crippen LogP contribution in [0.25, 0.3) is 0 Å². The zero-order chi connectivity index (χ0) is 19.3. The van der Waals surface area contributed by atoms with Crippen molar-refractivity contribution in [1.29, 1.82) is 0 Å². The number of carbonyl (C=O) groups is 1. The van der Waals surface area contributed by atoms with E-state index < -0.39 is 0 Å². The minimum Gasteiger partial charge on any atom is -0.381 e.